The van der Waals surface area contributed by atoms with Crippen molar-refractivity contribution in [3.05, 3.63) is 64.4 Å². The number of nitrogens with zero attached hydrogens (tertiary/aromatic N) is 3. The van der Waals surface area contributed by atoms with Crippen LogP contribution in [0.1, 0.15) is 5.76 Å². The van der Waals surface area contributed by atoms with Crippen LogP contribution >= 0.6 is 0 Å². The van der Waals surface area contributed by atoms with Crippen LogP contribution in [0.3, 0.4) is 0 Å². The van der Waals surface area contributed by atoms with Gasteiger partial charge in [-0.05, 0) is 30.3 Å². The molecular weight excluding hydrogens is 331 g/mol. The molecule has 4 N–H and O–H groups in total. The van der Waals surface area contributed by atoms with Crippen molar-refractivity contribution in [1.82, 2.24) is 9.97 Å². The first kappa shape index (κ1) is 16.2. The fraction of sp³-hybridized carbons (Fsp3) is 0.0667. The Kier molecular flexibility index (Phi) is 4.42. The van der Waals surface area contributed by atoms with Crippen LogP contribution in [0.15, 0.2) is 47.1 Å². The molecule has 0 radical (unpaired) electrons. The molecule has 0 spiro atoms. The van der Waals surface area contributed by atoms with Crippen LogP contribution in [0, 0.1) is 15.9 Å². The van der Waals surface area contributed by atoms with Crippen LogP contribution in [0.25, 0.3) is 0 Å². The van der Waals surface area contributed by atoms with Gasteiger partial charge in [-0.3, -0.25) is 10.1 Å². The summed E-state index contributed by atoms with van der Waals surface area (Å²) in [4.78, 5) is 18.5. The molecule has 2 aromatic heterocycles. The van der Waals surface area contributed by atoms with Gasteiger partial charge in [0.05, 0.1) is 17.7 Å². The lowest BCUT2D eigenvalue weighted by Crippen LogP contribution is -2.10. The average Bonchev–Trinajstić information content (AvgIpc) is 3.05. The van der Waals surface area contributed by atoms with E-state index < -0.39 is 16.4 Å². The third-order valence-electron chi connectivity index (χ3n) is 3.18. The van der Waals surface area contributed by atoms with Gasteiger partial charge in [-0.15, -0.1) is 0 Å². The van der Waals surface area contributed by atoms with Crippen molar-refractivity contribution >= 4 is 29.0 Å². The number of anilines is 4. The molecule has 0 fully saturated rings. The molecule has 9 nitrogen and oxygen atoms in total. The van der Waals surface area contributed by atoms with Crippen molar-refractivity contribution in [3.63, 3.8) is 0 Å². The van der Waals surface area contributed by atoms with Gasteiger partial charge in [0.25, 0.3) is 0 Å². The number of furan rings is 1. The number of halogens is 1. The molecule has 3 aromatic rings. The fourth-order valence-corrected chi connectivity index (χ4v) is 2.11. The number of nitrogens with two attached hydrogens (primary N) is 1. The maximum Gasteiger partial charge on any atom is 0.353 e. The lowest BCUT2D eigenvalue weighted by atomic mass is 10.3. The fourth-order valence-electron chi connectivity index (χ4n) is 2.11. The maximum absolute atomic E-state index is 13.3. The molecule has 0 atom stereocenters. The number of nitro groups is 1. The predicted molar refractivity (Wildman–Crippen MR) is 88.8 cm³/mol. The number of benzene rings is 1. The molecule has 0 saturated heterocycles. The van der Waals surface area contributed by atoms with Crippen molar-refractivity contribution in [1.29, 1.82) is 0 Å². The number of rotatable bonds is 6. The van der Waals surface area contributed by atoms with Crippen LogP contribution in [0.2, 0.25) is 0 Å². The molecule has 0 aliphatic rings. The number of nitrogens with one attached hydrogen (secondary N) is 2. The highest BCUT2D eigenvalue weighted by Gasteiger charge is 2.23. The first-order chi connectivity index (χ1) is 12.0. The first-order valence-corrected chi connectivity index (χ1v) is 7.13. The average molecular weight is 344 g/mol. The van der Waals surface area contributed by atoms with Gasteiger partial charge >= 0.3 is 5.69 Å². The smallest absolute Gasteiger partial charge is 0.353 e. The van der Waals surface area contributed by atoms with E-state index in [1.165, 1.54) is 24.5 Å². The van der Waals surface area contributed by atoms with E-state index in [-0.39, 0.29) is 24.1 Å². The molecule has 0 unspecified atom stereocenters. The Hall–Kier alpha value is -3.69. The number of aromatic nitrogens is 2. The summed E-state index contributed by atoms with van der Waals surface area (Å²) >= 11 is 0. The highest BCUT2D eigenvalue weighted by atomic mass is 19.1. The maximum atomic E-state index is 13.3. The van der Waals surface area contributed by atoms with E-state index in [2.05, 4.69) is 20.6 Å². The summed E-state index contributed by atoms with van der Waals surface area (Å²) in [6.07, 6.45) is 1.48. The van der Waals surface area contributed by atoms with Crippen LogP contribution in [0.5, 0.6) is 0 Å². The summed E-state index contributed by atoms with van der Waals surface area (Å²) in [5, 5.41) is 16.8. The van der Waals surface area contributed by atoms with E-state index in [9.17, 15) is 14.5 Å². The molecule has 128 valence electrons. The highest BCUT2D eigenvalue weighted by molar-refractivity contribution is 5.71. The zero-order valence-corrected chi connectivity index (χ0v) is 12.8. The second-order valence-electron chi connectivity index (χ2n) is 4.96. The van der Waals surface area contributed by atoms with Crippen LogP contribution in [0.4, 0.5) is 33.3 Å². The van der Waals surface area contributed by atoms with Gasteiger partial charge in [-0.25, -0.2) is 4.39 Å². The molecule has 10 heteroatoms. The molecule has 0 saturated carbocycles. The van der Waals surface area contributed by atoms with Gasteiger partial charge < -0.3 is 20.8 Å². The van der Waals surface area contributed by atoms with Crippen LogP contribution < -0.4 is 16.4 Å². The monoisotopic (exact) mass is 344 g/mol. The zero-order chi connectivity index (χ0) is 17.8. The van der Waals surface area contributed by atoms with Crippen molar-refractivity contribution in [3.8, 4) is 0 Å². The molecule has 0 aliphatic heterocycles. The minimum Gasteiger partial charge on any atom is -0.467 e. The lowest BCUT2D eigenvalue weighted by Gasteiger charge is -2.10. The molecule has 3 rings (SSSR count). The predicted octanol–water partition coefficient (Wildman–Crippen LogP) is 3.05. The summed E-state index contributed by atoms with van der Waals surface area (Å²) in [5.41, 5.74) is 5.62. The Bertz CT molecular complexity index is 900. The van der Waals surface area contributed by atoms with Crippen molar-refractivity contribution in [2.45, 2.75) is 6.54 Å². The van der Waals surface area contributed by atoms with Crippen molar-refractivity contribution < 1.29 is 13.7 Å². The van der Waals surface area contributed by atoms with Gasteiger partial charge in [-0.1, -0.05) is 6.07 Å². The Labute approximate surface area is 140 Å². The Morgan fingerprint density at radius 3 is 2.80 bits per heavy atom. The zero-order valence-electron chi connectivity index (χ0n) is 12.8. The Morgan fingerprint density at radius 1 is 1.28 bits per heavy atom. The normalized spacial score (nSPS) is 10.4. The van der Waals surface area contributed by atoms with E-state index in [0.29, 0.717) is 11.4 Å². The van der Waals surface area contributed by atoms with Crippen molar-refractivity contribution in [2.24, 2.45) is 0 Å². The minimum absolute atomic E-state index is 0.00403. The molecule has 0 aliphatic carbocycles. The van der Waals surface area contributed by atoms with Gasteiger partial charge in [0.1, 0.15) is 11.6 Å². The summed E-state index contributed by atoms with van der Waals surface area (Å²) in [6, 6.07) is 9.01. The van der Waals surface area contributed by atoms with Gasteiger partial charge in [-0.2, -0.15) is 9.97 Å². The quantitative estimate of drug-likeness (QED) is 0.459. The summed E-state index contributed by atoms with van der Waals surface area (Å²) in [5.74, 6) is -0.286. The third-order valence-corrected chi connectivity index (χ3v) is 3.18. The summed E-state index contributed by atoms with van der Waals surface area (Å²) in [7, 11) is 0. The van der Waals surface area contributed by atoms with Crippen molar-refractivity contribution in [2.75, 3.05) is 16.4 Å². The lowest BCUT2D eigenvalue weighted by molar-refractivity contribution is -0.383. The minimum atomic E-state index is -0.675. The standard InChI is InChI=1S/C15H13FN6O3/c16-9-3-1-4-10(7-9)19-15-20-13(17)12(22(23)24)14(21-15)18-8-11-5-2-6-25-11/h1-7H,8H2,(H4,17,18,19,20,21). The second-order valence-corrected chi connectivity index (χ2v) is 4.96. The SMILES string of the molecule is Nc1nc(Nc2cccc(F)c2)nc(NCc2ccco2)c1[N+](=O)[O-]. The van der Waals surface area contributed by atoms with E-state index in [1.807, 2.05) is 0 Å². The van der Waals surface area contributed by atoms with E-state index in [0.717, 1.165) is 0 Å². The van der Waals surface area contributed by atoms with Gasteiger partial charge in [0, 0.05) is 5.69 Å². The van der Waals surface area contributed by atoms with E-state index in [1.54, 1.807) is 18.2 Å². The second kappa shape index (κ2) is 6.83. The number of hydrogen-bond acceptors (Lipinski definition) is 8. The first-order valence-electron chi connectivity index (χ1n) is 7.13. The summed E-state index contributed by atoms with van der Waals surface area (Å²) < 4.78 is 18.4. The molecule has 25 heavy (non-hydrogen) atoms. The van der Waals surface area contributed by atoms with E-state index >= 15 is 0 Å². The third kappa shape index (κ3) is 3.80. The Morgan fingerprint density at radius 2 is 2.12 bits per heavy atom. The molecular formula is C15H13FN6O3. The number of nitrogen functional groups attached to an aromatic ring is 1. The number of hydrogen-bond donors (Lipinski definition) is 3. The summed E-state index contributed by atoms with van der Waals surface area (Å²) in [6.45, 7) is 0.170. The molecule has 0 amide bonds. The topological polar surface area (TPSA) is 132 Å². The highest BCUT2D eigenvalue weighted by Crippen LogP contribution is 2.30. The molecule has 0 bridgehead atoms. The molecule has 2 heterocycles. The van der Waals surface area contributed by atoms with Crippen LogP contribution in [-0.2, 0) is 6.54 Å². The van der Waals surface area contributed by atoms with Gasteiger partial charge in [0.2, 0.25) is 17.6 Å². The largest absolute Gasteiger partial charge is 0.467 e. The van der Waals surface area contributed by atoms with Gasteiger partial charge in [0.15, 0.2) is 0 Å². The van der Waals surface area contributed by atoms with E-state index in [4.69, 9.17) is 10.2 Å². The van der Waals surface area contributed by atoms with Crippen LogP contribution in [-0.4, -0.2) is 14.9 Å². The Balaban J connectivity index is 1.90. The molecule has 1 aromatic carbocycles.